The Hall–Kier alpha value is -0.0200. The van der Waals surface area contributed by atoms with E-state index in [1.807, 2.05) is 10.9 Å². The maximum atomic E-state index is 5.71. The van der Waals surface area contributed by atoms with Crippen LogP contribution in [0, 0.1) is 0 Å². The number of nitrogens with zero attached hydrogens (tertiary/aromatic N) is 2. The minimum absolute atomic E-state index is 0.0207. The normalized spacial score (nSPS) is 12.1. The summed E-state index contributed by atoms with van der Waals surface area (Å²) in [7, 11) is 0. The summed E-state index contributed by atoms with van der Waals surface area (Å²) in [6.07, 6.45) is 1.97. The fourth-order valence-corrected chi connectivity index (χ4v) is 1.59. The number of aromatic nitrogens is 2. The van der Waals surface area contributed by atoms with Crippen LogP contribution in [0.1, 0.15) is 26.3 Å². The molecule has 2 nitrogen and oxygen atoms in total. The minimum Gasteiger partial charge on any atom is -0.266 e. The molecular weight excluding hydrogens is 239 g/mol. The number of hydrogen-bond donors (Lipinski definition) is 0. The quantitative estimate of drug-likeness (QED) is 0.701. The monoisotopic (exact) mass is 250 g/mol. The van der Waals surface area contributed by atoms with Gasteiger partial charge in [-0.2, -0.15) is 5.10 Å². The summed E-state index contributed by atoms with van der Waals surface area (Å²) in [6.45, 7) is 6.30. The maximum absolute atomic E-state index is 5.71. The Morgan fingerprint density at radius 3 is 2.42 bits per heavy atom. The molecule has 0 aliphatic rings. The summed E-state index contributed by atoms with van der Waals surface area (Å²) in [4.78, 5) is 0. The summed E-state index contributed by atoms with van der Waals surface area (Å²) < 4.78 is 2.75. The number of halogens is 2. The van der Waals surface area contributed by atoms with Gasteiger partial charge in [0.2, 0.25) is 0 Å². The molecule has 1 heterocycles. The van der Waals surface area contributed by atoms with E-state index in [0.717, 1.165) is 10.2 Å². The van der Waals surface area contributed by atoms with Gasteiger partial charge in [-0.15, -0.1) is 11.6 Å². The Labute approximate surface area is 86.0 Å². The SMILES string of the molecule is CC(C)(C)n1cc(CCl)c(Br)n1. The molecule has 0 saturated carbocycles. The van der Waals surface area contributed by atoms with E-state index < -0.39 is 0 Å². The number of rotatable bonds is 1. The molecule has 12 heavy (non-hydrogen) atoms. The zero-order valence-electron chi connectivity index (χ0n) is 7.43. The lowest BCUT2D eigenvalue weighted by Crippen LogP contribution is -2.22. The second-order valence-corrected chi connectivity index (χ2v) is 4.71. The van der Waals surface area contributed by atoms with Gasteiger partial charge in [0.1, 0.15) is 4.60 Å². The summed E-state index contributed by atoms with van der Waals surface area (Å²) in [5.74, 6) is 0.497. The first kappa shape index (κ1) is 10.1. The zero-order valence-corrected chi connectivity index (χ0v) is 9.78. The lowest BCUT2D eigenvalue weighted by Gasteiger charge is -2.18. The van der Waals surface area contributed by atoms with Crippen molar-refractivity contribution in [3.63, 3.8) is 0 Å². The van der Waals surface area contributed by atoms with Gasteiger partial charge in [-0.05, 0) is 36.7 Å². The summed E-state index contributed by atoms with van der Waals surface area (Å²) in [6, 6.07) is 0. The van der Waals surface area contributed by atoms with Crippen LogP contribution >= 0.6 is 27.5 Å². The Morgan fingerprint density at radius 1 is 1.58 bits per heavy atom. The van der Waals surface area contributed by atoms with E-state index in [4.69, 9.17) is 11.6 Å². The number of hydrogen-bond acceptors (Lipinski definition) is 1. The van der Waals surface area contributed by atoms with Crippen LogP contribution in [0.3, 0.4) is 0 Å². The molecular formula is C8H12BrClN2. The molecule has 0 aromatic carbocycles. The molecule has 1 rings (SSSR count). The lowest BCUT2D eigenvalue weighted by molar-refractivity contribution is 0.354. The molecule has 1 aromatic rings. The molecule has 0 amide bonds. The lowest BCUT2D eigenvalue weighted by atomic mass is 10.1. The van der Waals surface area contributed by atoms with Gasteiger partial charge in [0, 0.05) is 11.8 Å². The molecule has 68 valence electrons. The van der Waals surface area contributed by atoms with Crippen LogP contribution in [0.25, 0.3) is 0 Å². The van der Waals surface area contributed by atoms with E-state index in [1.165, 1.54) is 0 Å². The molecule has 0 unspecified atom stereocenters. The van der Waals surface area contributed by atoms with Gasteiger partial charge in [-0.3, -0.25) is 4.68 Å². The van der Waals surface area contributed by atoms with Crippen molar-refractivity contribution in [2.75, 3.05) is 0 Å². The van der Waals surface area contributed by atoms with Crippen LogP contribution in [-0.4, -0.2) is 9.78 Å². The fourth-order valence-electron chi connectivity index (χ4n) is 0.822. The van der Waals surface area contributed by atoms with E-state index in [2.05, 4.69) is 41.8 Å². The zero-order chi connectivity index (χ0) is 9.35. The second kappa shape index (κ2) is 3.38. The Morgan fingerprint density at radius 2 is 2.17 bits per heavy atom. The van der Waals surface area contributed by atoms with Gasteiger partial charge in [0.15, 0.2) is 0 Å². The standard InChI is InChI=1S/C8H12BrClN2/c1-8(2,3)12-5-6(4-10)7(9)11-12/h5H,4H2,1-3H3. The van der Waals surface area contributed by atoms with E-state index in [9.17, 15) is 0 Å². The summed E-state index contributed by atoms with van der Waals surface area (Å²) in [5.41, 5.74) is 1.05. The van der Waals surface area contributed by atoms with Gasteiger partial charge in [-0.1, -0.05) is 0 Å². The molecule has 0 bridgehead atoms. The molecule has 4 heteroatoms. The van der Waals surface area contributed by atoms with Gasteiger partial charge in [0.05, 0.1) is 11.4 Å². The van der Waals surface area contributed by atoms with Crippen LogP contribution in [0.4, 0.5) is 0 Å². The average Bonchev–Trinajstić information content (AvgIpc) is 2.29. The Balaban J connectivity index is 3.05. The predicted octanol–water partition coefficient (Wildman–Crippen LogP) is 3.14. The number of alkyl halides is 1. The minimum atomic E-state index is 0.0207. The molecule has 0 saturated heterocycles. The van der Waals surface area contributed by atoms with Gasteiger partial charge in [-0.25, -0.2) is 0 Å². The Kier molecular flexibility index (Phi) is 2.84. The third-order valence-corrected chi connectivity index (χ3v) is 2.53. The van der Waals surface area contributed by atoms with E-state index >= 15 is 0 Å². The summed E-state index contributed by atoms with van der Waals surface area (Å²) >= 11 is 9.07. The van der Waals surface area contributed by atoms with Crippen molar-refractivity contribution in [1.29, 1.82) is 0 Å². The van der Waals surface area contributed by atoms with Crippen molar-refractivity contribution in [1.82, 2.24) is 9.78 Å². The molecule has 0 aliphatic carbocycles. The molecule has 0 atom stereocenters. The fraction of sp³-hybridized carbons (Fsp3) is 0.625. The van der Waals surface area contributed by atoms with Crippen LogP contribution in [0.2, 0.25) is 0 Å². The Bertz CT molecular complexity index is 275. The van der Waals surface area contributed by atoms with Crippen molar-refractivity contribution in [2.24, 2.45) is 0 Å². The van der Waals surface area contributed by atoms with Crippen molar-refractivity contribution >= 4 is 27.5 Å². The van der Waals surface area contributed by atoms with E-state index in [0.29, 0.717) is 5.88 Å². The summed E-state index contributed by atoms with van der Waals surface area (Å²) in [5, 5.41) is 4.30. The van der Waals surface area contributed by atoms with Crippen molar-refractivity contribution in [3.8, 4) is 0 Å². The van der Waals surface area contributed by atoms with Gasteiger partial charge in [0.25, 0.3) is 0 Å². The first-order valence-corrected chi connectivity index (χ1v) is 5.08. The van der Waals surface area contributed by atoms with E-state index in [-0.39, 0.29) is 5.54 Å². The molecule has 0 spiro atoms. The van der Waals surface area contributed by atoms with Crippen molar-refractivity contribution in [2.45, 2.75) is 32.2 Å². The first-order chi connectivity index (χ1) is 5.45. The highest BCUT2D eigenvalue weighted by Gasteiger charge is 2.16. The van der Waals surface area contributed by atoms with Crippen LogP contribution in [0.5, 0.6) is 0 Å². The third kappa shape index (κ3) is 2.02. The maximum Gasteiger partial charge on any atom is 0.132 e. The van der Waals surface area contributed by atoms with Gasteiger partial charge < -0.3 is 0 Å². The average molecular weight is 252 g/mol. The van der Waals surface area contributed by atoms with E-state index in [1.54, 1.807) is 0 Å². The molecule has 0 fully saturated rings. The predicted molar refractivity (Wildman–Crippen MR) is 54.5 cm³/mol. The van der Waals surface area contributed by atoms with Crippen LogP contribution < -0.4 is 0 Å². The highest BCUT2D eigenvalue weighted by molar-refractivity contribution is 9.10. The third-order valence-electron chi connectivity index (χ3n) is 1.57. The van der Waals surface area contributed by atoms with Gasteiger partial charge >= 0.3 is 0 Å². The second-order valence-electron chi connectivity index (χ2n) is 3.69. The first-order valence-electron chi connectivity index (χ1n) is 3.75. The van der Waals surface area contributed by atoms with Crippen molar-refractivity contribution in [3.05, 3.63) is 16.4 Å². The molecule has 1 aromatic heterocycles. The topological polar surface area (TPSA) is 17.8 Å². The molecule has 0 N–H and O–H groups in total. The largest absolute Gasteiger partial charge is 0.266 e. The van der Waals surface area contributed by atoms with Crippen molar-refractivity contribution < 1.29 is 0 Å². The molecule has 0 radical (unpaired) electrons. The molecule has 0 aliphatic heterocycles. The van der Waals surface area contributed by atoms with Crippen LogP contribution in [0.15, 0.2) is 10.8 Å². The smallest absolute Gasteiger partial charge is 0.132 e. The highest BCUT2D eigenvalue weighted by atomic mass is 79.9. The van der Waals surface area contributed by atoms with Crippen LogP contribution in [-0.2, 0) is 11.4 Å². The highest BCUT2D eigenvalue weighted by Crippen LogP contribution is 2.21.